The fraction of sp³-hybridized carbons (Fsp3) is 0.200. The van der Waals surface area contributed by atoms with Crippen molar-refractivity contribution in [3.8, 4) is 0 Å². The maximum Gasteiger partial charge on any atom is 0.139 e. The normalized spacial score (nSPS) is 16.8. The van der Waals surface area contributed by atoms with Gasteiger partial charge in [0.25, 0.3) is 0 Å². The number of rotatable bonds is 7. The summed E-state index contributed by atoms with van der Waals surface area (Å²) in [4.78, 5) is 0. The van der Waals surface area contributed by atoms with Gasteiger partial charge in [-0.15, -0.1) is 0 Å². The number of aliphatic hydroxyl groups is 6. The van der Waals surface area contributed by atoms with E-state index in [-0.39, 0.29) is 20.1 Å². The first-order valence-corrected chi connectivity index (χ1v) is 9.96. The lowest BCUT2D eigenvalue weighted by atomic mass is 9.99. The van der Waals surface area contributed by atoms with Crippen molar-refractivity contribution < 1.29 is 30.6 Å². The summed E-state index contributed by atoms with van der Waals surface area (Å²) in [5, 5.41) is 61.5. The minimum Gasteiger partial charge on any atom is -0.509 e. The molecule has 2 aromatic carbocycles. The highest BCUT2D eigenvalue weighted by Crippen LogP contribution is 2.26. The fourth-order valence-corrected chi connectivity index (χ4v) is 3.05. The lowest BCUT2D eigenvalue weighted by Crippen LogP contribution is -2.45. The maximum atomic E-state index is 10.1. The van der Waals surface area contributed by atoms with Crippen LogP contribution in [0, 0.1) is 0 Å². The number of hydrogen-bond donors (Lipinski definition) is 6. The zero-order valence-corrected chi connectivity index (χ0v) is 18.1. The van der Waals surface area contributed by atoms with Crippen LogP contribution in [0.5, 0.6) is 0 Å². The van der Waals surface area contributed by atoms with Gasteiger partial charge in [0.1, 0.15) is 35.9 Å². The van der Waals surface area contributed by atoms with Gasteiger partial charge in [-0.05, 0) is 47.5 Å². The van der Waals surface area contributed by atoms with Gasteiger partial charge in [-0.1, -0.05) is 58.5 Å². The van der Waals surface area contributed by atoms with Crippen molar-refractivity contribution in [2.75, 3.05) is 0 Å². The Bertz CT molecular complexity index is 885. The van der Waals surface area contributed by atoms with Crippen LogP contribution in [0.2, 0.25) is 20.1 Å². The second-order valence-corrected chi connectivity index (χ2v) is 7.99. The van der Waals surface area contributed by atoms with Gasteiger partial charge in [0, 0.05) is 0 Å². The van der Waals surface area contributed by atoms with Crippen LogP contribution in [-0.4, -0.2) is 55.1 Å². The van der Waals surface area contributed by atoms with Gasteiger partial charge in [0.05, 0.1) is 20.1 Å². The molecule has 0 radical (unpaired) electrons. The number of hydrogen-bond acceptors (Lipinski definition) is 6. The lowest BCUT2D eigenvalue weighted by Gasteiger charge is -2.26. The molecular weight excluding hydrogens is 478 g/mol. The van der Waals surface area contributed by atoms with Crippen molar-refractivity contribution in [2.24, 2.45) is 0 Å². The average molecular weight is 496 g/mol. The average Bonchev–Trinajstić information content (AvgIpc) is 2.71. The largest absolute Gasteiger partial charge is 0.509 e. The number of halogens is 4. The van der Waals surface area contributed by atoms with Crippen LogP contribution in [0.15, 0.2) is 47.9 Å². The molecule has 30 heavy (non-hydrogen) atoms. The van der Waals surface area contributed by atoms with Crippen LogP contribution in [0.4, 0.5) is 0 Å². The summed E-state index contributed by atoms with van der Waals surface area (Å²) in [6.07, 6.45) is -5.82. The minimum absolute atomic E-state index is 0.209. The van der Waals surface area contributed by atoms with Crippen LogP contribution in [0.25, 0.3) is 12.2 Å². The van der Waals surface area contributed by atoms with Crippen molar-refractivity contribution in [1.82, 2.24) is 0 Å². The third-order valence-electron chi connectivity index (χ3n) is 4.12. The molecule has 10 heteroatoms. The van der Waals surface area contributed by atoms with Gasteiger partial charge in [0.2, 0.25) is 0 Å². The van der Waals surface area contributed by atoms with E-state index in [4.69, 9.17) is 46.4 Å². The molecule has 0 fully saturated rings. The molecule has 0 heterocycles. The van der Waals surface area contributed by atoms with E-state index in [1.54, 1.807) is 0 Å². The molecule has 0 saturated heterocycles. The third-order valence-corrected chi connectivity index (χ3v) is 5.60. The van der Waals surface area contributed by atoms with Crippen molar-refractivity contribution in [1.29, 1.82) is 0 Å². The molecule has 162 valence electrons. The van der Waals surface area contributed by atoms with E-state index >= 15 is 0 Å². The molecule has 2 aromatic rings. The third kappa shape index (κ3) is 6.26. The molecule has 0 aliphatic carbocycles. The maximum absolute atomic E-state index is 10.1. The highest BCUT2D eigenvalue weighted by Gasteiger charge is 2.34. The van der Waals surface area contributed by atoms with E-state index < -0.39 is 35.9 Å². The van der Waals surface area contributed by atoms with Crippen molar-refractivity contribution in [3.05, 3.63) is 79.1 Å². The summed E-state index contributed by atoms with van der Waals surface area (Å²) in [7, 11) is 0. The molecule has 0 unspecified atom stereocenters. The van der Waals surface area contributed by atoms with Crippen LogP contribution < -0.4 is 0 Å². The van der Waals surface area contributed by atoms with Gasteiger partial charge >= 0.3 is 0 Å². The number of aliphatic hydroxyl groups excluding tert-OH is 6. The zero-order valence-electron chi connectivity index (χ0n) is 15.1. The van der Waals surface area contributed by atoms with E-state index in [0.717, 1.165) is 12.2 Å². The van der Waals surface area contributed by atoms with Gasteiger partial charge in [0.15, 0.2) is 0 Å². The Morgan fingerprint density at radius 2 is 0.933 bits per heavy atom. The summed E-state index contributed by atoms with van der Waals surface area (Å²) < 4.78 is 0. The zero-order chi connectivity index (χ0) is 22.6. The van der Waals surface area contributed by atoms with E-state index in [2.05, 4.69) is 0 Å². The SMILES string of the molecule is OC(=Cc1ccc(Cl)c(Cl)c1)[C@@H](O)[C@@H](O)[C@H](O)[C@@H](O)C(O)=Cc1ccc(Cl)c(Cl)c1. The van der Waals surface area contributed by atoms with Crippen LogP contribution in [0.3, 0.4) is 0 Å². The minimum atomic E-state index is -2.04. The van der Waals surface area contributed by atoms with E-state index in [1.807, 2.05) is 0 Å². The van der Waals surface area contributed by atoms with E-state index in [1.165, 1.54) is 36.4 Å². The monoisotopic (exact) mass is 494 g/mol. The Hall–Kier alpha value is -1.48. The molecule has 4 atom stereocenters. The molecule has 0 amide bonds. The molecule has 0 bridgehead atoms. The fourth-order valence-electron chi connectivity index (χ4n) is 2.44. The topological polar surface area (TPSA) is 121 Å². The lowest BCUT2D eigenvalue weighted by molar-refractivity contribution is -0.0996. The molecule has 0 saturated carbocycles. The molecule has 0 aliphatic rings. The Labute approximate surface area is 192 Å². The summed E-state index contributed by atoms with van der Waals surface area (Å²) in [5.74, 6) is -1.42. The van der Waals surface area contributed by atoms with Crippen molar-refractivity contribution in [3.63, 3.8) is 0 Å². The first-order valence-electron chi connectivity index (χ1n) is 8.44. The Balaban J connectivity index is 2.14. The summed E-state index contributed by atoms with van der Waals surface area (Å²) in [5.41, 5.74) is 0.732. The molecule has 0 aromatic heterocycles. The molecule has 6 nitrogen and oxygen atoms in total. The van der Waals surface area contributed by atoms with Gasteiger partial charge < -0.3 is 30.6 Å². The van der Waals surface area contributed by atoms with Gasteiger partial charge in [-0.25, -0.2) is 0 Å². The quantitative estimate of drug-likeness (QED) is 0.319. The highest BCUT2D eigenvalue weighted by molar-refractivity contribution is 6.42. The predicted octanol–water partition coefficient (Wildman–Crippen LogP) is 4.24. The number of benzene rings is 2. The van der Waals surface area contributed by atoms with Crippen molar-refractivity contribution in [2.45, 2.75) is 24.4 Å². The molecule has 2 rings (SSSR count). The standard InChI is InChI=1S/C20H18Cl4O6/c21-11-3-1-9(5-13(11)23)7-15(25)17(27)19(29)20(30)18(28)16(26)8-10-2-4-12(22)14(24)6-10/h1-8,17-20,25-30H/t17-,18+,19-,20-/m1/s1. The summed E-state index contributed by atoms with van der Waals surface area (Å²) in [6, 6.07) is 8.76. The molecule has 0 spiro atoms. The van der Waals surface area contributed by atoms with E-state index in [9.17, 15) is 30.6 Å². The molecular formula is C20H18Cl4O6. The van der Waals surface area contributed by atoms with Crippen LogP contribution in [-0.2, 0) is 0 Å². The van der Waals surface area contributed by atoms with Gasteiger partial charge in [-0.3, -0.25) is 0 Å². The molecule has 6 N–H and O–H groups in total. The Morgan fingerprint density at radius 3 is 1.23 bits per heavy atom. The second kappa shape index (κ2) is 10.7. The van der Waals surface area contributed by atoms with Crippen LogP contribution in [0.1, 0.15) is 11.1 Å². The summed E-state index contributed by atoms with van der Waals surface area (Å²) in [6.45, 7) is 0. The predicted molar refractivity (Wildman–Crippen MR) is 118 cm³/mol. The summed E-state index contributed by atoms with van der Waals surface area (Å²) >= 11 is 23.4. The van der Waals surface area contributed by atoms with Crippen molar-refractivity contribution >= 4 is 58.6 Å². The Kier molecular flexibility index (Phi) is 8.85. The van der Waals surface area contributed by atoms with E-state index in [0.29, 0.717) is 11.1 Å². The first-order chi connectivity index (χ1) is 14.0. The second-order valence-electron chi connectivity index (χ2n) is 6.36. The van der Waals surface area contributed by atoms with Gasteiger partial charge in [-0.2, -0.15) is 0 Å². The Morgan fingerprint density at radius 1 is 0.600 bits per heavy atom. The first kappa shape index (κ1) is 24.8. The van der Waals surface area contributed by atoms with Crippen LogP contribution >= 0.6 is 46.4 Å². The smallest absolute Gasteiger partial charge is 0.139 e. The molecule has 0 aliphatic heterocycles. The highest BCUT2D eigenvalue weighted by atomic mass is 35.5.